The SMILES string of the molecule is O=C1CC(=O)N2C(=N1)Sc1nc3ccccc3nc12. The van der Waals surface area contributed by atoms with Crippen molar-refractivity contribution in [2.45, 2.75) is 11.4 Å². The molecule has 6 nitrogen and oxygen atoms in total. The van der Waals surface area contributed by atoms with Gasteiger partial charge < -0.3 is 0 Å². The van der Waals surface area contributed by atoms with Crippen molar-refractivity contribution in [1.29, 1.82) is 0 Å². The number of fused-ring (bicyclic) bond motifs is 4. The van der Waals surface area contributed by atoms with Gasteiger partial charge in [0.25, 0.3) is 5.91 Å². The first-order valence-electron chi connectivity index (χ1n) is 5.61. The smallest absolute Gasteiger partial charge is 0.257 e. The minimum atomic E-state index is -0.416. The molecule has 0 saturated heterocycles. The number of carbonyl (C=O) groups is 2. The van der Waals surface area contributed by atoms with Gasteiger partial charge in [0, 0.05) is 0 Å². The molecule has 0 unspecified atom stereocenters. The van der Waals surface area contributed by atoms with E-state index in [4.69, 9.17) is 0 Å². The second kappa shape index (κ2) is 3.61. The normalized spacial score (nSPS) is 17.5. The first-order chi connectivity index (χ1) is 9.22. The predicted molar refractivity (Wildman–Crippen MR) is 69.9 cm³/mol. The number of hydrogen-bond donors (Lipinski definition) is 0. The number of rotatable bonds is 0. The van der Waals surface area contributed by atoms with Gasteiger partial charge in [-0.3, -0.25) is 9.59 Å². The Hall–Kier alpha value is -2.28. The Morgan fingerprint density at radius 2 is 1.84 bits per heavy atom. The van der Waals surface area contributed by atoms with Crippen LogP contribution in [-0.2, 0) is 9.59 Å². The maximum Gasteiger partial charge on any atom is 0.257 e. The van der Waals surface area contributed by atoms with Crippen molar-refractivity contribution in [1.82, 2.24) is 9.97 Å². The van der Waals surface area contributed by atoms with Crippen LogP contribution in [0, 0.1) is 0 Å². The number of hydrogen-bond acceptors (Lipinski definition) is 5. The Balaban J connectivity index is 1.97. The van der Waals surface area contributed by atoms with E-state index in [9.17, 15) is 9.59 Å². The summed E-state index contributed by atoms with van der Waals surface area (Å²) in [4.78, 5) is 37.4. The molecular weight excluding hydrogens is 264 g/mol. The molecule has 2 aliphatic rings. The minimum Gasteiger partial charge on any atom is -0.273 e. The molecule has 3 heterocycles. The molecule has 0 saturated carbocycles. The Kier molecular flexibility index (Phi) is 2.02. The summed E-state index contributed by atoms with van der Waals surface area (Å²) in [7, 11) is 0. The van der Waals surface area contributed by atoms with Crippen molar-refractivity contribution in [3.05, 3.63) is 24.3 Å². The second-order valence-corrected chi connectivity index (χ2v) is 5.09. The summed E-state index contributed by atoms with van der Waals surface area (Å²) >= 11 is 1.20. The molecule has 1 aromatic heterocycles. The maximum atomic E-state index is 11.9. The second-order valence-electron chi connectivity index (χ2n) is 4.14. The Morgan fingerprint density at radius 3 is 2.63 bits per heavy atom. The van der Waals surface area contributed by atoms with Gasteiger partial charge in [0.2, 0.25) is 5.91 Å². The highest BCUT2D eigenvalue weighted by atomic mass is 32.2. The lowest BCUT2D eigenvalue weighted by molar-refractivity contribution is -0.126. The third kappa shape index (κ3) is 1.48. The molecule has 0 radical (unpaired) electrons. The van der Waals surface area contributed by atoms with E-state index in [2.05, 4.69) is 15.0 Å². The molecule has 0 atom stereocenters. The minimum absolute atomic E-state index is 0.210. The van der Waals surface area contributed by atoms with Gasteiger partial charge >= 0.3 is 0 Å². The largest absolute Gasteiger partial charge is 0.273 e. The van der Waals surface area contributed by atoms with Crippen molar-refractivity contribution in [3.63, 3.8) is 0 Å². The zero-order valence-corrected chi connectivity index (χ0v) is 10.3. The number of aromatic nitrogens is 2. The van der Waals surface area contributed by atoms with Crippen LogP contribution in [0.25, 0.3) is 11.0 Å². The lowest BCUT2D eigenvalue weighted by atomic mass is 10.3. The van der Waals surface area contributed by atoms with Gasteiger partial charge in [-0.05, 0) is 23.9 Å². The summed E-state index contributed by atoms with van der Waals surface area (Å²) in [6.45, 7) is 0. The lowest BCUT2D eigenvalue weighted by Gasteiger charge is -2.18. The average molecular weight is 270 g/mol. The van der Waals surface area contributed by atoms with Gasteiger partial charge in [-0.1, -0.05) is 12.1 Å². The summed E-state index contributed by atoms with van der Waals surface area (Å²) in [6, 6.07) is 7.43. The Morgan fingerprint density at radius 1 is 1.11 bits per heavy atom. The van der Waals surface area contributed by atoms with Crippen LogP contribution in [0.5, 0.6) is 0 Å². The first kappa shape index (κ1) is 10.6. The summed E-state index contributed by atoms with van der Waals surface area (Å²) in [5, 5.41) is 0.965. The van der Waals surface area contributed by atoms with Gasteiger partial charge in [-0.25, -0.2) is 14.9 Å². The van der Waals surface area contributed by atoms with E-state index >= 15 is 0 Å². The quantitative estimate of drug-likeness (QED) is 0.675. The lowest BCUT2D eigenvalue weighted by Crippen LogP contribution is -2.38. The molecule has 0 N–H and O–H groups in total. The first-order valence-corrected chi connectivity index (χ1v) is 6.43. The van der Waals surface area contributed by atoms with E-state index in [1.54, 1.807) is 0 Å². The highest BCUT2D eigenvalue weighted by Crippen LogP contribution is 2.40. The van der Waals surface area contributed by atoms with Crippen LogP contribution in [0.1, 0.15) is 6.42 Å². The van der Waals surface area contributed by atoms with Gasteiger partial charge in [0.05, 0.1) is 11.0 Å². The van der Waals surface area contributed by atoms with Crippen molar-refractivity contribution in [2.24, 2.45) is 4.99 Å². The summed E-state index contributed by atoms with van der Waals surface area (Å²) in [5.74, 6) is -0.244. The van der Waals surface area contributed by atoms with E-state index in [1.807, 2.05) is 24.3 Å². The predicted octanol–water partition coefficient (Wildman–Crippen LogP) is 1.35. The molecule has 0 fully saturated rings. The summed E-state index contributed by atoms with van der Waals surface area (Å²) in [6.07, 6.45) is -0.210. The number of anilines is 1. The van der Waals surface area contributed by atoms with E-state index < -0.39 is 5.91 Å². The van der Waals surface area contributed by atoms with Crippen LogP contribution in [0.15, 0.2) is 34.3 Å². The Bertz CT molecular complexity index is 786. The van der Waals surface area contributed by atoms with E-state index in [-0.39, 0.29) is 12.3 Å². The number of aliphatic imine (C=N–C) groups is 1. The monoisotopic (exact) mass is 270 g/mol. The number of amidine groups is 1. The molecule has 2 aromatic rings. The number of benzene rings is 1. The zero-order valence-electron chi connectivity index (χ0n) is 9.53. The van der Waals surface area contributed by atoms with Crippen molar-refractivity contribution >= 4 is 45.6 Å². The van der Waals surface area contributed by atoms with Crippen molar-refractivity contribution < 1.29 is 9.59 Å². The number of para-hydroxylation sites is 2. The van der Waals surface area contributed by atoms with E-state index in [1.165, 1.54) is 16.7 Å². The molecule has 19 heavy (non-hydrogen) atoms. The molecule has 0 spiro atoms. The van der Waals surface area contributed by atoms with Crippen LogP contribution in [0.2, 0.25) is 0 Å². The fourth-order valence-corrected chi connectivity index (χ4v) is 3.04. The van der Waals surface area contributed by atoms with Crippen LogP contribution in [0.4, 0.5) is 5.82 Å². The maximum absolute atomic E-state index is 11.9. The van der Waals surface area contributed by atoms with Gasteiger partial charge in [-0.2, -0.15) is 4.99 Å². The Labute approximate surface area is 111 Å². The molecule has 7 heteroatoms. The topological polar surface area (TPSA) is 75.5 Å². The molecule has 2 aliphatic heterocycles. The number of carbonyl (C=O) groups excluding carboxylic acids is 2. The van der Waals surface area contributed by atoms with Crippen LogP contribution >= 0.6 is 11.8 Å². The van der Waals surface area contributed by atoms with E-state index in [0.717, 1.165) is 5.52 Å². The van der Waals surface area contributed by atoms with Crippen LogP contribution < -0.4 is 4.90 Å². The summed E-state index contributed by atoms with van der Waals surface area (Å²) < 4.78 is 0. The molecule has 0 aliphatic carbocycles. The number of thioether (sulfide) groups is 1. The highest BCUT2D eigenvalue weighted by Gasteiger charge is 2.38. The van der Waals surface area contributed by atoms with Crippen molar-refractivity contribution in [3.8, 4) is 0 Å². The number of amides is 2. The molecule has 2 amide bonds. The van der Waals surface area contributed by atoms with E-state index in [0.29, 0.717) is 21.5 Å². The van der Waals surface area contributed by atoms with Crippen LogP contribution in [-0.4, -0.2) is 26.9 Å². The van der Waals surface area contributed by atoms with Crippen molar-refractivity contribution in [2.75, 3.05) is 4.90 Å². The average Bonchev–Trinajstić information content (AvgIpc) is 2.72. The fourth-order valence-electron chi connectivity index (χ4n) is 2.06. The van der Waals surface area contributed by atoms with Gasteiger partial charge in [-0.15, -0.1) is 0 Å². The third-order valence-corrected chi connectivity index (χ3v) is 3.81. The molecule has 1 aromatic carbocycles. The zero-order chi connectivity index (χ0) is 13.0. The number of nitrogens with zero attached hydrogens (tertiary/aromatic N) is 4. The standard InChI is InChI=1S/C12H6N4O2S/c17-8-5-9(18)16-10-11(19-12(16)15-8)14-7-4-2-1-3-6(7)13-10/h1-4H,5H2. The molecule has 0 bridgehead atoms. The summed E-state index contributed by atoms with van der Waals surface area (Å²) in [5.41, 5.74) is 1.47. The highest BCUT2D eigenvalue weighted by molar-refractivity contribution is 8.14. The molecular formula is C12H6N4O2S. The molecule has 92 valence electrons. The molecule has 4 rings (SSSR count). The fraction of sp³-hybridized carbons (Fsp3) is 0.0833. The van der Waals surface area contributed by atoms with Crippen LogP contribution in [0.3, 0.4) is 0 Å². The van der Waals surface area contributed by atoms with Gasteiger partial charge in [0.15, 0.2) is 11.0 Å². The van der Waals surface area contributed by atoms with Gasteiger partial charge in [0.1, 0.15) is 11.4 Å². The third-order valence-electron chi connectivity index (χ3n) is 2.88.